The second-order valence-corrected chi connectivity index (χ2v) is 6.18. The molecule has 0 aliphatic carbocycles. The molecule has 0 radical (unpaired) electrons. The lowest BCUT2D eigenvalue weighted by Gasteiger charge is -2.10. The summed E-state index contributed by atoms with van der Waals surface area (Å²) in [6, 6.07) is 14.1. The Kier molecular flexibility index (Phi) is 4.66. The van der Waals surface area contributed by atoms with Crippen LogP contribution in [0.4, 0.5) is 0 Å². The van der Waals surface area contributed by atoms with E-state index < -0.39 is 0 Å². The van der Waals surface area contributed by atoms with Crippen molar-refractivity contribution >= 4 is 5.91 Å². The van der Waals surface area contributed by atoms with E-state index in [-0.39, 0.29) is 5.91 Å². The summed E-state index contributed by atoms with van der Waals surface area (Å²) in [6.45, 7) is 2.45. The molecule has 0 saturated carbocycles. The average molecular weight is 348 g/mol. The molecule has 26 heavy (non-hydrogen) atoms. The standard InChI is InChI=1S/C20H20N4O2/c25-20-18-11-16(4-5-19(18)26-9-7-23-20)13-22-12-15-2-1-3-17(10-15)24-8-6-21-14-24/h1-6,8,10-11,14,22H,7,9,12-13H2,(H,23,25). The Morgan fingerprint density at radius 1 is 1.15 bits per heavy atom. The van der Waals surface area contributed by atoms with E-state index in [0.29, 0.717) is 31.0 Å². The predicted molar refractivity (Wildman–Crippen MR) is 98.4 cm³/mol. The van der Waals surface area contributed by atoms with Crippen LogP contribution in [-0.4, -0.2) is 28.6 Å². The van der Waals surface area contributed by atoms with Gasteiger partial charge in [-0.2, -0.15) is 0 Å². The summed E-state index contributed by atoms with van der Waals surface area (Å²) in [7, 11) is 0. The van der Waals surface area contributed by atoms with Gasteiger partial charge in [-0.05, 0) is 35.4 Å². The molecule has 132 valence electrons. The number of carbonyl (C=O) groups excluding carboxylic acids is 1. The van der Waals surface area contributed by atoms with E-state index in [1.165, 1.54) is 5.56 Å². The van der Waals surface area contributed by atoms with Crippen molar-refractivity contribution in [1.82, 2.24) is 20.2 Å². The van der Waals surface area contributed by atoms with E-state index in [4.69, 9.17) is 4.74 Å². The number of benzene rings is 2. The lowest BCUT2D eigenvalue weighted by atomic mass is 10.1. The molecule has 4 rings (SSSR count). The van der Waals surface area contributed by atoms with Crippen molar-refractivity contribution in [3.05, 3.63) is 77.9 Å². The van der Waals surface area contributed by atoms with Crippen LogP contribution in [-0.2, 0) is 13.1 Å². The minimum atomic E-state index is -0.0765. The number of nitrogens with zero attached hydrogens (tertiary/aromatic N) is 2. The second kappa shape index (κ2) is 7.41. The first-order valence-corrected chi connectivity index (χ1v) is 8.61. The molecule has 2 N–H and O–H groups in total. The molecule has 1 aliphatic rings. The minimum absolute atomic E-state index is 0.0765. The Labute approximate surface area is 151 Å². The first-order valence-electron chi connectivity index (χ1n) is 8.61. The molecule has 0 unspecified atom stereocenters. The summed E-state index contributed by atoms with van der Waals surface area (Å²) in [4.78, 5) is 16.2. The van der Waals surface area contributed by atoms with Crippen molar-refractivity contribution in [2.45, 2.75) is 13.1 Å². The Morgan fingerprint density at radius 3 is 2.88 bits per heavy atom. The van der Waals surface area contributed by atoms with Crippen LogP contribution in [0.5, 0.6) is 5.75 Å². The van der Waals surface area contributed by atoms with Crippen molar-refractivity contribution in [2.24, 2.45) is 0 Å². The number of imidazole rings is 1. The van der Waals surface area contributed by atoms with E-state index in [2.05, 4.69) is 33.8 Å². The van der Waals surface area contributed by atoms with E-state index in [0.717, 1.165) is 17.8 Å². The van der Waals surface area contributed by atoms with Gasteiger partial charge >= 0.3 is 0 Å². The molecule has 0 saturated heterocycles. The van der Waals surface area contributed by atoms with Crippen molar-refractivity contribution in [2.75, 3.05) is 13.2 Å². The molecule has 1 amide bonds. The zero-order chi connectivity index (χ0) is 17.8. The summed E-state index contributed by atoms with van der Waals surface area (Å²) < 4.78 is 7.57. The van der Waals surface area contributed by atoms with Gasteiger partial charge in [0.15, 0.2) is 0 Å². The van der Waals surface area contributed by atoms with Crippen LogP contribution in [0.15, 0.2) is 61.2 Å². The topological polar surface area (TPSA) is 68.2 Å². The Hall–Kier alpha value is -3.12. The van der Waals surface area contributed by atoms with Crippen molar-refractivity contribution in [1.29, 1.82) is 0 Å². The first-order chi connectivity index (χ1) is 12.8. The Bertz CT molecular complexity index is 906. The van der Waals surface area contributed by atoms with Gasteiger partial charge in [-0.25, -0.2) is 4.98 Å². The van der Waals surface area contributed by atoms with Crippen molar-refractivity contribution in [3.8, 4) is 11.4 Å². The summed E-state index contributed by atoms with van der Waals surface area (Å²) in [6.07, 6.45) is 5.48. The summed E-state index contributed by atoms with van der Waals surface area (Å²) >= 11 is 0. The van der Waals surface area contributed by atoms with Gasteiger partial charge in [-0.3, -0.25) is 4.79 Å². The van der Waals surface area contributed by atoms with Gasteiger partial charge in [0, 0.05) is 31.2 Å². The molecule has 0 atom stereocenters. The molecule has 1 aliphatic heterocycles. The molecular formula is C20H20N4O2. The van der Waals surface area contributed by atoms with Crippen LogP contribution in [0.1, 0.15) is 21.5 Å². The maximum atomic E-state index is 12.1. The van der Waals surface area contributed by atoms with Crippen LogP contribution < -0.4 is 15.4 Å². The number of carbonyl (C=O) groups is 1. The number of hydrogen-bond acceptors (Lipinski definition) is 4. The van der Waals surface area contributed by atoms with E-state index >= 15 is 0 Å². The largest absolute Gasteiger partial charge is 0.491 e. The zero-order valence-corrected chi connectivity index (χ0v) is 14.3. The molecule has 2 aromatic carbocycles. The molecule has 1 aromatic heterocycles. The maximum absolute atomic E-state index is 12.1. The molecule has 0 spiro atoms. The van der Waals surface area contributed by atoms with Crippen LogP contribution in [0, 0.1) is 0 Å². The highest BCUT2D eigenvalue weighted by atomic mass is 16.5. The molecular weight excluding hydrogens is 328 g/mol. The quantitative estimate of drug-likeness (QED) is 0.742. The second-order valence-electron chi connectivity index (χ2n) is 6.18. The monoisotopic (exact) mass is 348 g/mol. The molecule has 6 nitrogen and oxygen atoms in total. The number of amides is 1. The highest BCUT2D eigenvalue weighted by molar-refractivity contribution is 5.97. The fourth-order valence-electron chi connectivity index (χ4n) is 3.00. The molecule has 0 bridgehead atoms. The number of rotatable bonds is 5. The van der Waals surface area contributed by atoms with Crippen LogP contribution >= 0.6 is 0 Å². The third kappa shape index (κ3) is 3.60. The van der Waals surface area contributed by atoms with Gasteiger partial charge in [0.05, 0.1) is 18.4 Å². The van der Waals surface area contributed by atoms with Gasteiger partial charge in [-0.15, -0.1) is 0 Å². The first kappa shape index (κ1) is 16.4. The van der Waals surface area contributed by atoms with Crippen LogP contribution in [0.2, 0.25) is 0 Å². The van der Waals surface area contributed by atoms with Crippen LogP contribution in [0.25, 0.3) is 5.69 Å². The number of fused-ring (bicyclic) bond motifs is 1. The van der Waals surface area contributed by atoms with Gasteiger partial charge in [-0.1, -0.05) is 18.2 Å². The number of ether oxygens (including phenoxy) is 1. The van der Waals surface area contributed by atoms with Gasteiger partial charge in [0.2, 0.25) is 0 Å². The smallest absolute Gasteiger partial charge is 0.255 e. The zero-order valence-electron chi connectivity index (χ0n) is 14.3. The summed E-state index contributed by atoms with van der Waals surface area (Å²) in [5, 5.41) is 6.27. The number of aromatic nitrogens is 2. The average Bonchev–Trinajstić information content (AvgIpc) is 3.14. The Balaban J connectivity index is 1.41. The summed E-state index contributed by atoms with van der Waals surface area (Å²) in [5.41, 5.74) is 3.92. The SMILES string of the molecule is O=C1NCCOc2ccc(CNCc3cccc(-n4ccnc4)c3)cc21. The van der Waals surface area contributed by atoms with Gasteiger partial charge < -0.3 is 19.9 Å². The van der Waals surface area contributed by atoms with E-state index in [1.807, 2.05) is 35.0 Å². The van der Waals surface area contributed by atoms with Gasteiger partial charge in [0.1, 0.15) is 12.4 Å². The number of nitrogens with one attached hydrogen (secondary N) is 2. The molecule has 0 fully saturated rings. The minimum Gasteiger partial charge on any atom is -0.491 e. The fraction of sp³-hybridized carbons (Fsp3) is 0.200. The fourth-order valence-corrected chi connectivity index (χ4v) is 3.00. The van der Waals surface area contributed by atoms with E-state index in [1.54, 1.807) is 12.5 Å². The highest BCUT2D eigenvalue weighted by Gasteiger charge is 2.16. The number of hydrogen-bond donors (Lipinski definition) is 2. The van der Waals surface area contributed by atoms with Crippen molar-refractivity contribution in [3.63, 3.8) is 0 Å². The predicted octanol–water partition coefficient (Wildman–Crippen LogP) is 2.28. The Morgan fingerprint density at radius 2 is 2.04 bits per heavy atom. The molecule has 2 heterocycles. The molecule has 3 aromatic rings. The lowest BCUT2D eigenvalue weighted by molar-refractivity contribution is 0.0957. The highest BCUT2D eigenvalue weighted by Crippen LogP contribution is 2.21. The lowest BCUT2D eigenvalue weighted by Crippen LogP contribution is -2.24. The van der Waals surface area contributed by atoms with E-state index in [9.17, 15) is 4.79 Å². The van der Waals surface area contributed by atoms with Crippen molar-refractivity contribution < 1.29 is 9.53 Å². The maximum Gasteiger partial charge on any atom is 0.255 e. The molecule has 6 heteroatoms. The van der Waals surface area contributed by atoms with Gasteiger partial charge in [0.25, 0.3) is 5.91 Å². The normalized spacial score (nSPS) is 13.5. The van der Waals surface area contributed by atoms with Crippen LogP contribution in [0.3, 0.4) is 0 Å². The third-order valence-electron chi connectivity index (χ3n) is 4.31. The summed E-state index contributed by atoms with van der Waals surface area (Å²) in [5.74, 6) is 0.573. The third-order valence-corrected chi connectivity index (χ3v) is 4.31.